The van der Waals surface area contributed by atoms with Crippen LogP contribution in [-0.2, 0) is 10.3 Å². The lowest BCUT2D eigenvalue weighted by Crippen LogP contribution is -3.68. The first-order valence-corrected chi connectivity index (χ1v) is 6.56. The highest BCUT2D eigenvalue weighted by atomic mass is 127. The van der Waals surface area contributed by atoms with E-state index >= 15 is 0 Å². The highest BCUT2D eigenvalue weighted by Crippen LogP contribution is 1.81. The average molecular weight is 299 g/mol. The van der Waals surface area contributed by atoms with E-state index in [2.05, 4.69) is 0 Å². The van der Waals surface area contributed by atoms with Crippen molar-refractivity contribution < 1.29 is 34.4 Å². The molecule has 66 valence electrons. The predicted molar refractivity (Wildman–Crippen MR) is 38.0 cm³/mol. The van der Waals surface area contributed by atoms with Gasteiger partial charge in [0.25, 0.3) is 0 Å². The maximum Gasteiger partial charge on any atom is 0.445 e. The van der Waals surface area contributed by atoms with E-state index in [0.29, 0.717) is 0 Å². The lowest BCUT2D eigenvalue weighted by Gasteiger charge is -1.95. The topological polar surface area (TPSA) is 69.2 Å². The number of benzene rings is 1. The Balaban J connectivity index is 2.56. The van der Waals surface area contributed by atoms with Crippen molar-refractivity contribution in [3.63, 3.8) is 0 Å². The minimum Gasteiger partial charge on any atom is -0.733 e. The van der Waals surface area contributed by atoms with Crippen molar-refractivity contribution in [1.82, 2.24) is 2.94 Å². The normalized spacial score (nSPS) is 11.4. The maximum absolute atomic E-state index is 10.2. The minimum atomic E-state index is -4.27. The summed E-state index contributed by atoms with van der Waals surface area (Å²) in [6, 6.07) is 9.00. The van der Waals surface area contributed by atoms with Crippen LogP contribution < -0.4 is 24.4 Å². The molecule has 0 radical (unpaired) electrons. The quantitative estimate of drug-likeness (QED) is 0.365. The van der Waals surface area contributed by atoms with E-state index in [1.807, 2.05) is 9.00 Å². The van der Waals surface area contributed by atoms with Crippen molar-refractivity contribution in [3.05, 3.63) is 33.9 Å². The summed E-state index contributed by atoms with van der Waals surface area (Å²) in [6.45, 7) is 0. The fraction of sp³-hybridized carbons (Fsp3) is 0. The molecule has 0 aromatic heterocycles. The van der Waals surface area contributed by atoms with E-state index in [0.717, 1.165) is 3.57 Å². The van der Waals surface area contributed by atoms with Crippen molar-refractivity contribution in [1.29, 1.82) is 0 Å². The van der Waals surface area contributed by atoms with Gasteiger partial charge in [0, 0.05) is 0 Å². The van der Waals surface area contributed by atoms with E-state index in [4.69, 9.17) is 0 Å². The van der Waals surface area contributed by atoms with Crippen LogP contribution in [0.2, 0.25) is 0 Å². The monoisotopic (exact) mass is 299 g/mol. The summed E-state index contributed by atoms with van der Waals surface area (Å²) in [6.07, 6.45) is 0. The maximum atomic E-state index is 10.2. The fourth-order valence-corrected chi connectivity index (χ4v) is 3.10. The molecule has 0 aliphatic carbocycles. The molecule has 1 rings (SSSR count). The summed E-state index contributed by atoms with van der Waals surface area (Å²) in [7, 11) is -4.27. The molecular formula is C6H6INO3S. The van der Waals surface area contributed by atoms with Crippen LogP contribution in [-0.4, -0.2) is 13.0 Å². The van der Waals surface area contributed by atoms with Crippen molar-refractivity contribution in [3.8, 4) is 0 Å². The van der Waals surface area contributed by atoms with Gasteiger partial charge in [-0.15, -0.1) is 0 Å². The Morgan fingerprint density at radius 2 is 1.83 bits per heavy atom. The van der Waals surface area contributed by atoms with Crippen molar-refractivity contribution in [2.24, 2.45) is 0 Å². The highest BCUT2D eigenvalue weighted by Gasteiger charge is 2.13. The number of halogens is 1. The van der Waals surface area contributed by atoms with Gasteiger partial charge in [-0.2, -0.15) is 0 Å². The summed E-state index contributed by atoms with van der Waals surface area (Å²) >= 11 is -0.913. The number of nitrogens with one attached hydrogen (secondary N) is 1. The lowest BCUT2D eigenvalue weighted by atomic mass is 10.4. The van der Waals surface area contributed by atoms with E-state index in [1.165, 1.54) is 0 Å². The second-order valence-electron chi connectivity index (χ2n) is 1.92. The Morgan fingerprint density at radius 3 is 2.33 bits per heavy atom. The zero-order chi connectivity index (χ0) is 9.03. The Bertz CT molecular complexity index is 337. The SMILES string of the molecule is O=S(=O)([O-])N[I+]c1ccccc1. The zero-order valence-corrected chi connectivity index (χ0v) is 8.87. The molecule has 0 saturated heterocycles. The molecule has 0 atom stereocenters. The molecule has 0 aliphatic heterocycles. The van der Waals surface area contributed by atoms with Gasteiger partial charge in [-0.1, -0.05) is 18.2 Å². The van der Waals surface area contributed by atoms with Crippen LogP contribution in [0.1, 0.15) is 0 Å². The van der Waals surface area contributed by atoms with Gasteiger partial charge in [0.2, 0.25) is 3.57 Å². The van der Waals surface area contributed by atoms with Gasteiger partial charge in [0.1, 0.15) is 0 Å². The van der Waals surface area contributed by atoms with Crippen molar-refractivity contribution >= 4 is 10.3 Å². The predicted octanol–water partition coefficient (Wildman–Crippen LogP) is -3.09. The molecule has 1 N–H and O–H groups in total. The molecule has 0 bridgehead atoms. The molecule has 0 unspecified atom stereocenters. The molecule has 0 saturated carbocycles. The molecular weight excluding hydrogens is 293 g/mol. The Kier molecular flexibility index (Phi) is 3.44. The van der Waals surface area contributed by atoms with Crippen LogP contribution in [0, 0.1) is 3.57 Å². The van der Waals surface area contributed by atoms with Crippen LogP contribution in [0.4, 0.5) is 0 Å². The average Bonchev–Trinajstić information content (AvgIpc) is 2.02. The second kappa shape index (κ2) is 4.17. The van der Waals surface area contributed by atoms with Crippen LogP contribution in [0.3, 0.4) is 0 Å². The third-order valence-electron chi connectivity index (χ3n) is 0.975. The van der Waals surface area contributed by atoms with Gasteiger partial charge >= 0.3 is 21.5 Å². The minimum absolute atomic E-state index is 0.871. The standard InChI is InChI=1S/C6H6INO3S/c9-12(10,11)8-7-6-4-2-1-3-5-6/h1-5,8H. The Labute approximate surface area is 81.5 Å². The first-order chi connectivity index (χ1) is 5.58. The molecule has 1 aromatic carbocycles. The molecule has 12 heavy (non-hydrogen) atoms. The summed E-state index contributed by atoms with van der Waals surface area (Å²) in [5.74, 6) is 0. The molecule has 0 heterocycles. The van der Waals surface area contributed by atoms with Gasteiger partial charge in [0.15, 0.2) is 10.3 Å². The van der Waals surface area contributed by atoms with Gasteiger partial charge in [-0.25, -0.2) is 8.42 Å². The number of hydrogen-bond donors (Lipinski definition) is 1. The van der Waals surface area contributed by atoms with Crippen LogP contribution in [0.5, 0.6) is 0 Å². The molecule has 0 aliphatic rings. The Morgan fingerprint density at radius 1 is 1.25 bits per heavy atom. The molecule has 6 heteroatoms. The lowest BCUT2D eigenvalue weighted by molar-refractivity contribution is -0.664. The van der Waals surface area contributed by atoms with Crippen molar-refractivity contribution in [2.75, 3.05) is 0 Å². The summed E-state index contributed by atoms with van der Waals surface area (Å²) in [4.78, 5) is 0. The van der Waals surface area contributed by atoms with Gasteiger partial charge in [-0.05, 0) is 15.1 Å². The van der Waals surface area contributed by atoms with Crippen LogP contribution in [0.15, 0.2) is 30.3 Å². The summed E-state index contributed by atoms with van der Waals surface area (Å²) in [5, 5.41) is 0. The molecule has 4 nitrogen and oxygen atoms in total. The van der Waals surface area contributed by atoms with Crippen molar-refractivity contribution in [2.45, 2.75) is 0 Å². The number of hydrogen-bond acceptors (Lipinski definition) is 3. The van der Waals surface area contributed by atoms with E-state index in [1.54, 1.807) is 24.3 Å². The smallest absolute Gasteiger partial charge is 0.445 e. The second-order valence-corrected chi connectivity index (χ2v) is 6.09. The first kappa shape index (κ1) is 9.90. The summed E-state index contributed by atoms with van der Waals surface area (Å²) in [5.41, 5.74) is 0. The van der Waals surface area contributed by atoms with Gasteiger partial charge in [-0.3, -0.25) is 0 Å². The fourth-order valence-electron chi connectivity index (χ4n) is 0.569. The third kappa shape index (κ3) is 4.00. The first-order valence-electron chi connectivity index (χ1n) is 2.99. The zero-order valence-electron chi connectivity index (χ0n) is 5.90. The van der Waals surface area contributed by atoms with Gasteiger partial charge in [0.05, 0.1) is 0 Å². The van der Waals surface area contributed by atoms with Crippen LogP contribution in [0.25, 0.3) is 0 Å². The van der Waals surface area contributed by atoms with E-state index < -0.39 is 31.8 Å². The Hall–Kier alpha value is -0.180. The largest absolute Gasteiger partial charge is 0.733 e. The van der Waals surface area contributed by atoms with E-state index in [-0.39, 0.29) is 0 Å². The highest BCUT2D eigenvalue weighted by molar-refractivity contribution is 7.83. The molecule has 0 spiro atoms. The molecule has 0 fully saturated rings. The molecule has 1 aromatic rings. The van der Waals surface area contributed by atoms with E-state index in [9.17, 15) is 13.0 Å². The summed E-state index contributed by atoms with van der Waals surface area (Å²) < 4.78 is 33.3. The van der Waals surface area contributed by atoms with Crippen LogP contribution >= 0.6 is 0 Å². The number of rotatable bonds is 3. The molecule has 0 amide bonds. The third-order valence-corrected chi connectivity index (χ3v) is 4.86. The van der Waals surface area contributed by atoms with Gasteiger partial charge < -0.3 is 4.55 Å².